The van der Waals surface area contributed by atoms with Crippen LogP contribution in [0.25, 0.3) is 0 Å². The van der Waals surface area contributed by atoms with E-state index >= 15 is 0 Å². The smallest absolute Gasteiger partial charge is 0.117 e. The minimum absolute atomic E-state index is 0.582. The third kappa shape index (κ3) is 4.36. The molecule has 1 fully saturated rings. The van der Waals surface area contributed by atoms with Gasteiger partial charge in [0.25, 0.3) is 0 Å². The van der Waals surface area contributed by atoms with E-state index in [2.05, 4.69) is 29.4 Å². The Labute approximate surface area is 108 Å². The molecule has 4 heteroatoms. The summed E-state index contributed by atoms with van der Waals surface area (Å²) >= 11 is 1.82. The van der Waals surface area contributed by atoms with Crippen molar-refractivity contribution < 1.29 is 0 Å². The van der Waals surface area contributed by atoms with Crippen LogP contribution in [-0.2, 0) is 12.8 Å². The molecule has 2 rings (SSSR count). The van der Waals surface area contributed by atoms with E-state index in [0.29, 0.717) is 6.04 Å². The second-order valence-corrected chi connectivity index (χ2v) is 6.45. The lowest BCUT2D eigenvalue weighted by Crippen LogP contribution is -2.23. The summed E-state index contributed by atoms with van der Waals surface area (Å²) in [5.74, 6) is 0.901. The number of rotatable bonds is 7. The molecule has 1 N–H and O–H groups in total. The molecule has 0 saturated heterocycles. The second-order valence-electron chi connectivity index (χ2n) is 5.30. The highest BCUT2D eigenvalue weighted by Gasteiger charge is 2.19. The van der Waals surface area contributed by atoms with Crippen molar-refractivity contribution in [3.63, 3.8) is 0 Å². The van der Waals surface area contributed by atoms with Crippen LogP contribution in [0.3, 0.4) is 0 Å². The summed E-state index contributed by atoms with van der Waals surface area (Å²) in [6.07, 6.45) is 7.61. The number of hydrogen-bond donors (Lipinski definition) is 1. The average molecular weight is 253 g/mol. The monoisotopic (exact) mass is 253 g/mol. The average Bonchev–Trinajstić information content (AvgIpc) is 2.66. The van der Waals surface area contributed by atoms with Gasteiger partial charge in [-0.05, 0) is 18.9 Å². The first kappa shape index (κ1) is 13.0. The van der Waals surface area contributed by atoms with Gasteiger partial charge in [0.15, 0.2) is 0 Å². The third-order valence-corrected chi connectivity index (χ3v) is 4.32. The Hall–Kier alpha value is -0.480. The highest BCUT2D eigenvalue weighted by atomic mass is 32.1. The first-order chi connectivity index (χ1) is 8.24. The molecule has 0 amide bonds. The van der Waals surface area contributed by atoms with Gasteiger partial charge in [-0.15, -0.1) is 21.5 Å². The Balaban J connectivity index is 1.66. The lowest BCUT2D eigenvalue weighted by atomic mass is 9.83. The van der Waals surface area contributed by atoms with E-state index in [0.717, 1.165) is 25.3 Å². The van der Waals surface area contributed by atoms with Crippen LogP contribution >= 0.6 is 11.3 Å². The van der Waals surface area contributed by atoms with E-state index in [1.54, 1.807) is 0 Å². The zero-order valence-electron chi connectivity index (χ0n) is 10.9. The number of nitrogens with zero attached hydrogens (tertiary/aromatic N) is 2. The molecule has 1 aromatic rings. The number of nitrogens with one attached hydrogen (secondary N) is 1. The summed E-state index contributed by atoms with van der Waals surface area (Å²) in [5.41, 5.74) is 0. The van der Waals surface area contributed by atoms with Crippen LogP contribution in [0.4, 0.5) is 0 Å². The molecule has 0 spiro atoms. The molecular formula is C13H23N3S. The zero-order chi connectivity index (χ0) is 12.1. The van der Waals surface area contributed by atoms with E-state index in [9.17, 15) is 0 Å². The fraction of sp³-hybridized carbons (Fsp3) is 0.846. The molecule has 17 heavy (non-hydrogen) atoms. The van der Waals surface area contributed by atoms with E-state index in [4.69, 9.17) is 0 Å². The Morgan fingerprint density at radius 2 is 2.06 bits per heavy atom. The molecular weight excluding hydrogens is 230 g/mol. The van der Waals surface area contributed by atoms with Crippen molar-refractivity contribution in [1.82, 2.24) is 15.5 Å². The normalized spacial score (nSPS) is 16.4. The van der Waals surface area contributed by atoms with Crippen molar-refractivity contribution >= 4 is 11.3 Å². The minimum Gasteiger partial charge on any atom is -0.315 e. The maximum atomic E-state index is 4.30. The second kappa shape index (κ2) is 6.45. The quantitative estimate of drug-likeness (QED) is 0.759. The van der Waals surface area contributed by atoms with E-state index in [1.165, 1.54) is 35.7 Å². The first-order valence-corrected chi connectivity index (χ1v) is 7.60. The molecule has 0 atom stereocenters. The van der Waals surface area contributed by atoms with Crippen molar-refractivity contribution in [3.8, 4) is 0 Å². The summed E-state index contributed by atoms with van der Waals surface area (Å²) in [4.78, 5) is 0. The standard InChI is InChI=1S/C13H23N3S/c1-10(2)14-8-4-7-12-15-16-13(17-12)9-11-5-3-6-11/h10-11,14H,3-9H2,1-2H3. The maximum absolute atomic E-state index is 4.30. The molecule has 3 nitrogen and oxygen atoms in total. The SMILES string of the molecule is CC(C)NCCCc1nnc(CC2CCC2)s1. The third-order valence-electron chi connectivity index (χ3n) is 3.32. The fourth-order valence-electron chi connectivity index (χ4n) is 2.05. The van der Waals surface area contributed by atoms with Crippen LogP contribution in [0.15, 0.2) is 0 Å². The van der Waals surface area contributed by atoms with Crippen LogP contribution in [0.1, 0.15) is 49.5 Å². The van der Waals surface area contributed by atoms with E-state index < -0.39 is 0 Å². The predicted molar refractivity (Wildman–Crippen MR) is 72.4 cm³/mol. The van der Waals surface area contributed by atoms with Crippen molar-refractivity contribution in [2.45, 2.75) is 58.4 Å². The molecule has 1 aromatic heterocycles. The topological polar surface area (TPSA) is 37.8 Å². The first-order valence-electron chi connectivity index (χ1n) is 6.78. The largest absolute Gasteiger partial charge is 0.315 e. The van der Waals surface area contributed by atoms with E-state index in [1.807, 2.05) is 11.3 Å². The summed E-state index contributed by atoms with van der Waals surface area (Å²) < 4.78 is 0. The molecule has 0 aromatic carbocycles. The lowest BCUT2D eigenvalue weighted by molar-refractivity contribution is 0.313. The van der Waals surface area contributed by atoms with Crippen LogP contribution in [-0.4, -0.2) is 22.8 Å². The zero-order valence-corrected chi connectivity index (χ0v) is 11.7. The van der Waals surface area contributed by atoms with Crippen LogP contribution in [0.2, 0.25) is 0 Å². The molecule has 0 unspecified atom stereocenters. The highest BCUT2D eigenvalue weighted by molar-refractivity contribution is 7.11. The van der Waals surface area contributed by atoms with Crippen molar-refractivity contribution in [2.75, 3.05) is 6.54 Å². The summed E-state index contributed by atoms with van der Waals surface area (Å²) in [6.45, 7) is 5.44. The lowest BCUT2D eigenvalue weighted by Gasteiger charge is -2.23. The summed E-state index contributed by atoms with van der Waals surface area (Å²) in [6, 6.07) is 0.582. The van der Waals surface area contributed by atoms with Gasteiger partial charge in [-0.2, -0.15) is 0 Å². The van der Waals surface area contributed by atoms with Gasteiger partial charge in [-0.25, -0.2) is 0 Å². The molecule has 1 aliphatic rings. The maximum Gasteiger partial charge on any atom is 0.117 e. The van der Waals surface area contributed by atoms with Crippen molar-refractivity contribution in [3.05, 3.63) is 10.0 Å². The molecule has 0 radical (unpaired) electrons. The van der Waals surface area contributed by atoms with Gasteiger partial charge in [0.2, 0.25) is 0 Å². The van der Waals surface area contributed by atoms with Crippen molar-refractivity contribution in [1.29, 1.82) is 0 Å². The fourth-order valence-corrected chi connectivity index (χ4v) is 3.05. The summed E-state index contributed by atoms with van der Waals surface area (Å²) in [7, 11) is 0. The van der Waals surface area contributed by atoms with Crippen LogP contribution in [0.5, 0.6) is 0 Å². The summed E-state index contributed by atoms with van der Waals surface area (Å²) in [5, 5.41) is 14.5. The Morgan fingerprint density at radius 1 is 1.29 bits per heavy atom. The van der Waals surface area contributed by atoms with Gasteiger partial charge in [-0.1, -0.05) is 33.1 Å². The molecule has 0 aliphatic heterocycles. The van der Waals surface area contributed by atoms with Gasteiger partial charge in [-0.3, -0.25) is 0 Å². The Bertz CT molecular complexity index is 331. The van der Waals surface area contributed by atoms with Gasteiger partial charge in [0.05, 0.1) is 0 Å². The van der Waals surface area contributed by atoms with Gasteiger partial charge in [0, 0.05) is 18.9 Å². The van der Waals surface area contributed by atoms with Gasteiger partial charge < -0.3 is 5.32 Å². The molecule has 1 heterocycles. The number of hydrogen-bond acceptors (Lipinski definition) is 4. The molecule has 1 aliphatic carbocycles. The Kier molecular flexibility index (Phi) is 4.92. The predicted octanol–water partition coefficient (Wildman–Crippen LogP) is 2.81. The van der Waals surface area contributed by atoms with Crippen molar-refractivity contribution in [2.24, 2.45) is 5.92 Å². The highest BCUT2D eigenvalue weighted by Crippen LogP contribution is 2.30. The van der Waals surface area contributed by atoms with Gasteiger partial charge in [0.1, 0.15) is 10.0 Å². The Morgan fingerprint density at radius 3 is 2.71 bits per heavy atom. The number of aryl methyl sites for hydroxylation is 1. The molecule has 0 bridgehead atoms. The van der Waals surface area contributed by atoms with Gasteiger partial charge >= 0.3 is 0 Å². The van der Waals surface area contributed by atoms with E-state index in [-0.39, 0.29) is 0 Å². The van der Waals surface area contributed by atoms with Crippen LogP contribution < -0.4 is 5.32 Å². The molecule has 1 saturated carbocycles. The molecule has 96 valence electrons. The van der Waals surface area contributed by atoms with Crippen LogP contribution in [0, 0.1) is 5.92 Å². The minimum atomic E-state index is 0.582. The number of aromatic nitrogens is 2.